The topological polar surface area (TPSA) is 42.3 Å². The average molecular weight is 517 g/mol. The fourth-order valence-corrected chi connectivity index (χ4v) is 5.45. The van der Waals surface area contributed by atoms with Gasteiger partial charge in [-0.3, -0.25) is 4.98 Å². The maximum absolute atomic E-state index is 6.16. The quantitative estimate of drug-likeness (QED) is 0.277. The fourth-order valence-electron chi connectivity index (χ4n) is 4.98. The predicted molar refractivity (Wildman–Crippen MR) is 150 cm³/mol. The van der Waals surface area contributed by atoms with Gasteiger partial charge in [0.25, 0.3) is 0 Å². The van der Waals surface area contributed by atoms with Crippen molar-refractivity contribution in [3.8, 4) is 11.4 Å². The van der Waals surface area contributed by atoms with Gasteiger partial charge < -0.3 is 19.5 Å². The van der Waals surface area contributed by atoms with Crippen molar-refractivity contribution in [3.63, 3.8) is 0 Å². The van der Waals surface area contributed by atoms with Crippen LogP contribution >= 0.6 is 23.8 Å². The number of aromatic nitrogens is 2. The van der Waals surface area contributed by atoms with Crippen molar-refractivity contribution >= 4 is 34.6 Å². The molecule has 7 heteroatoms. The van der Waals surface area contributed by atoms with E-state index in [4.69, 9.17) is 28.6 Å². The van der Waals surface area contributed by atoms with Crippen LogP contribution in [-0.4, -0.2) is 20.8 Å². The van der Waals surface area contributed by atoms with E-state index < -0.39 is 0 Å². The molecule has 0 amide bonds. The monoisotopic (exact) mass is 516 g/mol. The molecule has 2 aromatic heterocycles. The second-order valence-electron chi connectivity index (χ2n) is 9.30. The van der Waals surface area contributed by atoms with E-state index in [-0.39, 0.29) is 18.2 Å². The number of rotatable bonds is 6. The molecule has 1 N–H and O–H groups in total. The van der Waals surface area contributed by atoms with E-state index >= 15 is 0 Å². The first kappa shape index (κ1) is 24.3. The van der Waals surface area contributed by atoms with Crippen molar-refractivity contribution < 1.29 is 4.74 Å². The van der Waals surface area contributed by atoms with Gasteiger partial charge >= 0.3 is 0 Å². The number of hydrogen-bond donors (Lipinski definition) is 1. The molecule has 2 atom stereocenters. The molecule has 0 aliphatic carbocycles. The molecule has 184 valence electrons. The van der Waals surface area contributed by atoms with E-state index in [1.54, 1.807) is 0 Å². The number of pyridine rings is 1. The van der Waals surface area contributed by atoms with Crippen LogP contribution in [0, 0.1) is 13.8 Å². The van der Waals surface area contributed by atoms with Gasteiger partial charge in [0, 0.05) is 34.0 Å². The number of benzene rings is 2. The lowest BCUT2D eigenvalue weighted by atomic mass is 9.96. The SMILES string of the molecule is Cc1cc([C@@H]2[C@H](c3ccccn3)NC(=S)N2c2ccc(OC(C)C)cc2)c(C)n1-c1ccc(Cl)cc1. The Morgan fingerprint density at radius 1 is 0.972 bits per heavy atom. The van der Waals surface area contributed by atoms with Crippen molar-refractivity contribution in [2.24, 2.45) is 0 Å². The first-order valence-corrected chi connectivity index (χ1v) is 12.8. The largest absolute Gasteiger partial charge is 0.491 e. The van der Waals surface area contributed by atoms with Crippen LogP contribution in [0.15, 0.2) is 79.0 Å². The highest BCUT2D eigenvalue weighted by molar-refractivity contribution is 7.80. The summed E-state index contributed by atoms with van der Waals surface area (Å²) in [6.45, 7) is 8.34. The van der Waals surface area contributed by atoms with Crippen LogP contribution in [0.2, 0.25) is 5.02 Å². The summed E-state index contributed by atoms with van der Waals surface area (Å²) in [5.41, 5.74) is 6.50. The Morgan fingerprint density at radius 2 is 1.67 bits per heavy atom. The van der Waals surface area contributed by atoms with Crippen LogP contribution in [0.1, 0.15) is 48.6 Å². The van der Waals surface area contributed by atoms with E-state index in [9.17, 15) is 0 Å². The third-order valence-corrected chi connectivity index (χ3v) is 7.03. The van der Waals surface area contributed by atoms with Crippen molar-refractivity contribution in [2.45, 2.75) is 45.9 Å². The molecule has 5 rings (SSSR count). The van der Waals surface area contributed by atoms with Crippen molar-refractivity contribution in [2.75, 3.05) is 4.90 Å². The second-order valence-corrected chi connectivity index (χ2v) is 10.1. The van der Waals surface area contributed by atoms with Gasteiger partial charge in [0.2, 0.25) is 0 Å². The maximum atomic E-state index is 6.16. The highest BCUT2D eigenvalue weighted by Gasteiger charge is 2.42. The van der Waals surface area contributed by atoms with E-state index in [2.05, 4.69) is 57.9 Å². The first-order valence-electron chi connectivity index (χ1n) is 12.1. The van der Waals surface area contributed by atoms with Gasteiger partial charge in [0.05, 0.1) is 23.9 Å². The Labute approximate surface area is 222 Å². The summed E-state index contributed by atoms with van der Waals surface area (Å²) in [4.78, 5) is 6.88. The van der Waals surface area contributed by atoms with Crippen molar-refractivity contribution in [1.29, 1.82) is 0 Å². The zero-order valence-electron chi connectivity index (χ0n) is 20.8. The molecule has 36 heavy (non-hydrogen) atoms. The van der Waals surface area contributed by atoms with Crippen LogP contribution in [0.3, 0.4) is 0 Å². The van der Waals surface area contributed by atoms with Gasteiger partial charge in [-0.25, -0.2) is 0 Å². The molecule has 1 aliphatic rings. The van der Waals surface area contributed by atoms with Gasteiger partial charge in [0.15, 0.2) is 5.11 Å². The Hall–Kier alpha value is -3.35. The molecule has 0 unspecified atom stereocenters. The summed E-state index contributed by atoms with van der Waals surface area (Å²) in [7, 11) is 0. The third-order valence-electron chi connectivity index (χ3n) is 6.46. The van der Waals surface area contributed by atoms with Crippen LogP contribution in [0.25, 0.3) is 5.69 Å². The number of ether oxygens (including phenoxy) is 1. The van der Waals surface area contributed by atoms with Gasteiger partial charge in [0.1, 0.15) is 5.75 Å². The molecular weight excluding hydrogens is 488 g/mol. The zero-order chi connectivity index (χ0) is 25.4. The summed E-state index contributed by atoms with van der Waals surface area (Å²) in [5, 5.41) is 4.95. The number of nitrogens with zero attached hydrogens (tertiary/aromatic N) is 3. The van der Waals surface area contributed by atoms with E-state index in [1.807, 2.05) is 68.6 Å². The Kier molecular flexibility index (Phi) is 6.73. The maximum Gasteiger partial charge on any atom is 0.174 e. The minimum atomic E-state index is -0.107. The van der Waals surface area contributed by atoms with Gasteiger partial charge in [-0.1, -0.05) is 17.7 Å². The highest BCUT2D eigenvalue weighted by atomic mass is 35.5. The van der Waals surface area contributed by atoms with Crippen LogP contribution in [-0.2, 0) is 0 Å². The Balaban J connectivity index is 1.62. The van der Waals surface area contributed by atoms with E-state index in [0.717, 1.165) is 39.2 Å². The minimum absolute atomic E-state index is 0.0866. The number of aryl methyl sites for hydroxylation is 1. The van der Waals surface area contributed by atoms with E-state index in [0.29, 0.717) is 5.11 Å². The molecule has 3 heterocycles. The Morgan fingerprint density at radius 3 is 2.31 bits per heavy atom. The highest BCUT2D eigenvalue weighted by Crippen LogP contribution is 2.44. The Bertz CT molecular complexity index is 1370. The lowest BCUT2D eigenvalue weighted by Crippen LogP contribution is -2.29. The molecule has 1 fully saturated rings. The van der Waals surface area contributed by atoms with Crippen LogP contribution < -0.4 is 15.0 Å². The minimum Gasteiger partial charge on any atom is -0.491 e. The number of thiocarbonyl (C=S) groups is 1. The summed E-state index contributed by atoms with van der Waals surface area (Å²) in [5.74, 6) is 0.838. The lowest BCUT2D eigenvalue weighted by Gasteiger charge is -2.28. The predicted octanol–water partition coefficient (Wildman–Crippen LogP) is 7.11. The zero-order valence-corrected chi connectivity index (χ0v) is 22.3. The summed E-state index contributed by atoms with van der Waals surface area (Å²) in [6, 6.07) is 24.1. The standard InChI is InChI=1S/C29H29ClN4OS/c1-18(2)35-24-14-12-23(13-15-24)34-28(27(32-29(34)36)26-7-5-6-16-31-26)25-17-19(3)33(20(25)4)22-10-8-21(30)9-11-22/h5-18,27-28H,1-4H3,(H,32,36)/t27-,28+/m0/s1. The lowest BCUT2D eigenvalue weighted by molar-refractivity contribution is 0.242. The van der Waals surface area contributed by atoms with Gasteiger partial charge in [-0.2, -0.15) is 0 Å². The summed E-state index contributed by atoms with van der Waals surface area (Å²) >= 11 is 12.1. The normalized spacial score (nSPS) is 17.5. The molecule has 4 aromatic rings. The summed E-state index contributed by atoms with van der Waals surface area (Å²) in [6.07, 6.45) is 1.94. The first-order chi connectivity index (χ1) is 17.3. The molecule has 1 saturated heterocycles. The molecule has 0 radical (unpaired) electrons. The van der Waals surface area contributed by atoms with Crippen molar-refractivity contribution in [3.05, 3.63) is 107 Å². The second kappa shape index (κ2) is 9.96. The molecule has 5 nitrogen and oxygen atoms in total. The van der Waals surface area contributed by atoms with Crippen LogP contribution in [0.4, 0.5) is 5.69 Å². The fraction of sp³-hybridized carbons (Fsp3) is 0.241. The van der Waals surface area contributed by atoms with Crippen molar-refractivity contribution in [1.82, 2.24) is 14.9 Å². The van der Waals surface area contributed by atoms with Crippen LogP contribution in [0.5, 0.6) is 5.75 Å². The number of nitrogens with one attached hydrogen (secondary N) is 1. The van der Waals surface area contributed by atoms with Gasteiger partial charge in [-0.05, 0) is 112 Å². The smallest absolute Gasteiger partial charge is 0.174 e. The third kappa shape index (κ3) is 4.59. The van der Waals surface area contributed by atoms with Gasteiger partial charge in [-0.15, -0.1) is 0 Å². The molecule has 2 aromatic carbocycles. The number of halogens is 1. The molecule has 0 saturated carbocycles. The molecule has 0 bridgehead atoms. The molecular formula is C29H29ClN4OS. The number of anilines is 1. The average Bonchev–Trinajstić information content (AvgIpc) is 3.35. The number of hydrogen-bond acceptors (Lipinski definition) is 3. The molecule has 0 spiro atoms. The van der Waals surface area contributed by atoms with E-state index in [1.165, 1.54) is 5.56 Å². The summed E-state index contributed by atoms with van der Waals surface area (Å²) < 4.78 is 8.13. The molecule has 1 aliphatic heterocycles.